The Morgan fingerprint density at radius 1 is 0.929 bits per heavy atom. The van der Waals surface area contributed by atoms with Crippen molar-refractivity contribution in [3.05, 3.63) is 86.9 Å². The molecular weight excluding hydrogens is 451 g/mol. The number of hydrogen-bond donors (Lipinski definition) is 0. The van der Waals surface area contributed by atoms with Gasteiger partial charge in [0.2, 0.25) is 0 Å². The van der Waals surface area contributed by atoms with Gasteiger partial charge in [-0.1, -0.05) is 58.7 Å². The van der Waals surface area contributed by atoms with Gasteiger partial charge in [0.25, 0.3) is 0 Å². The van der Waals surface area contributed by atoms with Gasteiger partial charge < -0.3 is 0 Å². The number of halogens is 3. The van der Waals surface area contributed by atoms with Gasteiger partial charge in [-0.15, -0.1) is 11.3 Å². The molecule has 0 radical (unpaired) electrons. The second-order valence-corrected chi connectivity index (χ2v) is 9.50. The first-order valence-corrected chi connectivity index (χ1v) is 11.3. The largest absolute Gasteiger partial charge is 0.256 e. The normalized spacial score (nSPS) is 11.5. The Morgan fingerprint density at radius 3 is 2.54 bits per heavy atom. The third kappa shape index (κ3) is 4.88. The summed E-state index contributed by atoms with van der Waals surface area (Å²) in [5.74, 6) is 0.723. The molecule has 0 unspecified atom stereocenters. The summed E-state index contributed by atoms with van der Waals surface area (Å²) >= 11 is 21.5. The van der Waals surface area contributed by atoms with Crippen LogP contribution in [0.2, 0.25) is 15.1 Å². The monoisotopic (exact) mass is 462 g/mol. The Bertz CT molecular complexity index is 1150. The molecule has 0 aliphatic rings. The number of aromatic nitrogens is 1. The van der Waals surface area contributed by atoms with Crippen LogP contribution in [0.25, 0.3) is 10.2 Å². The molecule has 0 atom stereocenters. The van der Waals surface area contributed by atoms with Crippen LogP contribution in [0.1, 0.15) is 11.1 Å². The van der Waals surface area contributed by atoms with Crippen LogP contribution in [0.3, 0.4) is 0 Å². The van der Waals surface area contributed by atoms with E-state index in [2.05, 4.69) is 16.0 Å². The maximum atomic E-state index is 6.24. The first-order chi connectivity index (χ1) is 13.6. The van der Waals surface area contributed by atoms with Gasteiger partial charge in [0.15, 0.2) is 4.34 Å². The molecule has 0 aliphatic heterocycles. The minimum Gasteiger partial charge on any atom is -0.256 e. The van der Waals surface area contributed by atoms with Crippen LogP contribution in [0.4, 0.5) is 5.69 Å². The number of rotatable bonds is 5. The van der Waals surface area contributed by atoms with Crippen molar-refractivity contribution in [2.24, 2.45) is 4.99 Å². The zero-order valence-electron chi connectivity index (χ0n) is 14.4. The summed E-state index contributed by atoms with van der Waals surface area (Å²) in [4.78, 5) is 9.24. The molecule has 3 aromatic carbocycles. The van der Waals surface area contributed by atoms with Crippen LogP contribution in [-0.2, 0) is 5.75 Å². The lowest BCUT2D eigenvalue weighted by atomic mass is 10.2. The van der Waals surface area contributed by atoms with Crippen LogP contribution in [0.5, 0.6) is 0 Å². The molecule has 0 aliphatic carbocycles. The Hall–Kier alpha value is -1.56. The Balaban J connectivity index is 1.50. The molecular formula is C21H13Cl3N2S2. The predicted molar refractivity (Wildman–Crippen MR) is 124 cm³/mol. The van der Waals surface area contributed by atoms with E-state index in [9.17, 15) is 0 Å². The summed E-state index contributed by atoms with van der Waals surface area (Å²) in [6.07, 6.45) is 1.83. The van der Waals surface area contributed by atoms with Crippen molar-refractivity contribution in [3.8, 4) is 0 Å². The first kappa shape index (κ1) is 19.7. The summed E-state index contributed by atoms with van der Waals surface area (Å²) in [5.41, 5.74) is 3.87. The fourth-order valence-electron chi connectivity index (χ4n) is 2.53. The zero-order chi connectivity index (χ0) is 19.5. The molecule has 0 saturated carbocycles. The van der Waals surface area contributed by atoms with Crippen molar-refractivity contribution < 1.29 is 0 Å². The smallest absolute Gasteiger partial charge is 0.151 e. The molecule has 0 amide bonds. The van der Waals surface area contributed by atoms with E-state index < -0.39 is 0 Å². The van der Waals surface area contributed by atoms with Gasteiger partial charge in [0.1, 0.15) is 0 Å². The summed E-state index contributed by atoms with van der Waals surface area (Å²) in [6, 6.07) is 19.1. The maximum absolute atomic E-state index is 6.24. The quantitative estimate of drug-likeness (QED) is 0.220. The molecule has 1 heterocycles. The zero-order valence-corrected chi connectivity index (χ0v) is 18.3. The molecule has 140 valence electrons. The third-order valence-corrected chi connectivity index (χ3v) is 7.01. The van der Waals surface area contributed by atoms with Gasteiger partial charge in [-0.3, -0.25) is 4.99 Å². The predicted octanol–water partition coefficient (Wildman–Crippen LogP) is 8.30. The van der Waals surface area contributed by atoms with Crippen molar-refractivity contribution in [1.29, 1.82) is 0 Å². The van der Waals surface area contributed by atoms with E-state index in [-0.39, 0.29) is 0 Å². The summed E-state index contributed by atoms with van der Waals surface area (Å²) in [7, 11) is 0. The van der Waals surface area contributed by atoms with Crippen molar-refractivity contribution in [1.82, 2.24) is 4.98 Å². The lowest BCUT2D eigenvalue weighted by Gasteiger charge is -2.02. The van der Waals surface area contributed by atoms with Gasteiger partial charge in [-0.2, -0.15) is 0 Å². The number of aliphatic imine (C=N–C) groups is 1. The molecule has 28 heavy (non-hydrogen) atoms. The summed E-state index contributed by atoms with van der Waals surface area (Å²) < 4.78 is 2.09. The summed E-state index contributed by atoms with van der Waals surface area (Å²) in [5, 5.41) is 2.12. The topological polar surface area (TPSA) is 25.2 Å². The Kier molecular flexibility index (Phi) is 6.24. The number of thioether (sulfide) groups is 1. The van der Waals surface area contributed by atoms with Crippen LogP contribution in [0.15, 0.2) is 70.0 Å². The van der Waals surface area contributed by atoms with Crippen LogP contribution in [0, 0.1) is 0 Å². The van der Waals surface area contributed by atoms with Gasteiger partial charge >= 0.3 is 0 Å². The van der Waals surface area contributed by atoms with Crippen molar-refractivity contribution in [2.45, 2.75) is 10.1 Å². The van der Waals surface area contributed by atoms with E-state index in [1.165, 1.54) is 0 Å². The fraction of sp³-hybridized carbons (Fsp3) is 0.0476. The van der Waals surface area contributed by atoms with E-state index in [1.54, 1.807) is 29.2 Å². The second kappa shape index (κ2) is 8.85. The highest BCUT2D eigenvalue weighted by Gasteiger charge is 2.08. The van der Waals surface area contributed by atoms with Gasteiger partial charge in [0.05, 0.1) is 15.9 Å². The molecule has 0 spiro atoms. The standard InChI is InChI=1S/C21H13Cl3N2S2/c22-15-3-1-13(2-4-15)11-25-17-6-8-19-20(10-17)28-21(26-19)27-12-14-9-16(23)5-7-18(14)24/h1-11H,12H2. The number of hydrogen-bond acceptors (Lipinski definition) is 4. The van der Waals surface area contributed by atoms with Crippen molar-refractivity contribution >= 4 is 80.0 Å². The number of benzene rings is 3. The van der Waals surface area contributed by atoms with E-state index >= 15 is 0 Å². The van der Waals surface area contributed by atoms with E-state index in [0.717, 1.165) is 42.1 Å². The Labute approximate surface area is 186 Å². The Morgan fingerprint density at radius 2 is 1.71 bits per heavy atom. The molecule has 0 bridgehead atoms. The number of thiazole rings is 1. The van der Waals surface area contributed by atoms with Crippen LogP contribution < -0.4 is 0 Å². The number of nitrogens with zero attached hydrogens (tertiary/aromatic N) is 2. The average Bonchev–Trinajstić information content (AvgIpc) is 3.10. The molecule has 0 fully saturated rings. The lowest BCUT2D eigenvalue weighted by molar-refractivity contribution is 1.29. The minimum absolute atomic E-state index is 0.687. The van der Waals surface area contributed by atoms with E-state index in [0.29, 0.717) is 10.0 Å². The molecule has 2 nitrogen and oxygen atoms in total. The molecule has 4 aromatic rings. The van der Waals surface area contributed by atoms with E-state index in [4.69, 9.17) is 34.8 Å². The van der Waals surface area contributed by atoms with Gasteiger partial charge in [-0.25, -0.2) is 4.98 Å². The average molecular weight is 464 g/mol. The molecule has 4 rings (SSSR count). The highest BCUT2D eigenvalue weighted by molar-refractivity contribution is 8.00. The lowest BCUT2D eigenvalue weighted by Crippen LogP contribution is -1.82. The fourth-order valence-corrected chi connectivity index (χ4v) is 5.20. The van der Waals surface area contributed by atoms with E-state index in [1.807, 2.05) is 54.7 Å². The minimum atomic E-state index is 0.687. The van der Waals surface area contributed by atoms with Gasteiger partial charge in [-0.05, 0) is 59.7 Å². The molecule has 0 saturated heterocycles. The molecule has 0 N–H and O–H groups in total. The number of fused-ring (bicyclic) bond motifs is 1. The summed E-state index contributed by atoms with van der Waals surface area (Å²) in [6.45, 7) is 0. The van der Waals surface area contributed by atoms with Crippen LogP contribution >= 0.6 is 57.9 Å². The van der Waals surface area contributed by atoms with Crippen molar-refractivity contribution in [3.63, 3.8) is 0 Å². The maximum Gasteiger partial charge on any atom is 0.151 e. The highest BCUT2D eigenvalue weighted by atomic mass is 35.5. The van der Waals surface area contributed by atoms with Crippen molar-refractivity contribution in [2.75, 3.05) is 0 Å². The van der Waals surface area contributed by atoms with Gasteiger partial charge in [0, 0.05) is 27.0 Å². The third-order valence-electron chi connectivity index (χ3n) is 3.94. The first-order valence-electron chi connectivity index (χ1n) is 8.34. The van der Waals surface area contributed by atoms with Crippen LogP contribution in [-0.4, -0.2) is 11.2 Å². The molecule has 7 heteroatoms. The second-order valence-electron chi connectivity index (χ2n) is 5.97. The SMILES string of the molecule is Clc1ccc(C=Nc2ccc3nc(SCc4cc(Cl)ccc4Cl)sc3c2)cc1. The molecule has 1 aromatic heterocycles. The highest BCUT2D eigenvalue weighted by Crippen LogP contribution is 2.35.